The third-order valence-corrected chi connectivity index (χ3v) is 0. The van der Waals surface area contributed by atoms with Gasteiger partial charge in [-0.05, 0) is 0 Å². The second-order valence-electron chi connectivity index (χ2n) is 0.224. The maximum Gasteiger partial charge on any atom is 2.00 e. The van der Waals surface area contributed by atoms with Crippen LogP contribution in [0.2, 0.25) is 0 Å². The van der Waals surface area contributed by atoms with E-state index in [-0.39, 0.29) is 45.5 Å². The Labute approximate surface area is 79.0 Å². The second kappa shape index (κ2) is 36.6. The maximum atomic E-state index is 6.99. The van der Waals surface area contributed by atoms with Crippen molar-refractivity contribution in [3.05, 3.63) is 11.5 Å². The van der Waals surface area contributed by atoms with Crippen molar-refractivity contribution in [1.82, 2.24) is 0 Å². The molecular weight excluding hydrogens is 168 g/mol. The van der Waals surface area contributed by atoms with E-state index in [4.69, 9.17) is 22.0 Å². The van der Waals surface area contributed by atoms with E-state index in [1.165, 1.54) is 0 Å². The van der Waals surface area contributed by atoms with Gasteiger partial charge in [0.15, 0.2) is 0 Å². The van der Waals surface area contributed by atoms with Crippen LogP contribution in [0, 0.1) is 22.9 Å². The number of nitriles is 2. The molecule has 0 saturated heterocycles. The molecule has 0 heterocycles. The van der Waals surface area contributed by atoms with Gasteiger partial charge in [0, 0.05) is 0 Å². The first-order valence-corrected chi connectivity index (χ1v) is 0.947. The minimum absolute atomic E-state index is 0. The molecule has 2 N–H and O–H groups in total. The summed E-state index contributed by atoms with van der Waals surface area (Å²) in [5, 5.41) is 14.0. The predicted octanol–water partition coefficient (Wildman–Crippen LogP) is 0.659. The van der Waals surface area contributed by atoms with E-state index < -0.39 is 0 Å². The first kappa shape index (κ1) is 15.7. The van der Waals surface area contributed by atoms with Crippen molar-refractivity contribution in [2.45, 2.75) is 0 Å². The van der Waals surface area contributed by atoms with Crippen molar-refractivity contribution in [2.24, 2.45) is 0 Å². The molecule has 0 aliphatic heterocycles. The first-order valence-electron chi connectivity index (χ1n) is 0.947. The second-order valence-corrected chi connectivity index (χ2v) is 0.224. The summed E-state index contributed by atoms with van der Waals surface area (Å²) in [4.78, 5) is 0. The number of nitrogens with one attached hydrogen (secondary N) is 2. The maximum absolute atomic E-state index is 6.99. The van der Waals surface area contributed by atoms with Gasteiger partial charge in [-0.3, -0.25) is 0 Å². The summed E-state index contributed by atoms with van der Waals surface area (Å²) in [6.45, 7) is 0. The Bertz CT molecular complexity index is 64.7. The van der Waals surface area contributed by atoms with Gasteiger partial charge in [-0.15, -0.1) is 0 Å². The van der Waals surface area contributed by atoms with Gasteiger partial charge >= 0.3 is 45.5 Å². The van der Waals surface area contributed by atoms with Gasteiger partial charge in [-0.2, -0.15) is 0 Å². The SMILES string of the molecule is N#C[NH-].N#C[NH-].[Sr+2]. The normalized spacial score (nSPS) is 2.00. The van der Waals surface area contributed by atoms with Gasteiger partial charge in [0.05, 0.1) is 0 Å². The molecule has 0 aliphatic carbocycles. The number of hydrogen-bond acceptors (Lipinski definition) is 2. The summed E-state index contributed by atoms with van der Waals surface area (Å²) in [6.07, 6.45) is 2.00. The average molecular weight is 170 g/mol. The Hall–Kier alpha value is 0.0605. The van der Waals surface area contributed by atoms with E-state index in [2.05, 4.69) is 0 Å². The predicted molar refractivity (Wildman–Crippen MR) is 25.6 cm³/mol. The fraction of sp³-hybridized carbons (Fsp3) is 0. The van der Waals surface area contributed by atoms with Crippen LogP contribution >= 0.6 is 0 Å². The van der Waals surface area contributed by atoms with Gasteiger partial charge in [-0.25, -0.2) is 0 Å². The molecule has 0 aromatic heterocycles. The molecule has 0 fully saturated rings. The standard InChI is InChI=1S/2CHN2.Sr/c2*2-1-3;/h2*2H;/q2*-1;+2. The van der Waals surface area contributed by atoms with E-state index in [0.29, 0.717) is 0 Å². The van der Waals surface area contributed by atoms with Crippen molar-refractivity contribution in [3.63, 3.8) is 0 Å². The van der Waals surface area contributed by atoms with E-state index in [1.807, 2.05) is 0 Å². The third kappa shape index (κ3) is 27300. The van der Waals surface area contributed by atoms with Crippen LogP contribution in [0.15, 0.2) is 0 Å². The van der Waals surface area contributed by atoms with E-state index in [0.717, 1.165) is 12.4 Å². The Morgan fingerprint density at radius 1 is 1.00 bits per heavy atom. The molecule has 0 amide bonds. The Kier molecular flexibility index (Phi) is 82.1. The van der Waals surface area contributed by atoms with Crippen LogP contribution in [0.1, 0.15) is 0 Å². The molecule has 0 spiro atoms. The molecule has 0 bridgehead atoms. The zero-order valence-corrected chi connectivity index (χ0v) is 7.08. The van der Waals surface area contributed by atoms with Crippen LogP contribution in [0.25, 0.3) is 11.5 Å². The topological polar surface area (TPSA) is 95.2 Å². The Balaban J connectivity index is -0.0000000400. The average Bonchev–Trinajstić information content (AvgIpc) is 1.39. The number of nitrogens with zero attached hydrogens (tertiary/aromatic N) is 2. The van der Waals surface area contributed by atoms with Crippen LogP contribution in [-0.2, 0) is 0 Å². The van der Waals surface area contributed by atoms with Crippen LogP contribution in [0.4, 0.5) is 0 Å². The zero-order chi connectivity index (χ0) is 5.41. The van der Waals surface area contributed by atoms with Crippen LogP contribution < -0.4 is 0 Å². The monoisotopic (exact) mass is 170 g/mol. The summed E-state index contributed by atoms with van der Waals surface area (Å²) < 4.78 is 0. The van der Waals surface area contributed by atoms with Gasteiger partial charge in [-0.1, -0.05) is 12.4 Å². The van der Waals surface area contributed by atoms with Crippen molar-refractivity contribution in [1.29, 1.82) is 10.5 Å². The molecule has 0 unspecified atom stereocenters. The summed E-state index contributed by atoms with van der Waals surface area (Å²) in [7, 11) is 0. The molecule has 0 radical (unpaired) electrons. The van der Waals surface area contributed by atoms with Gasteiger partial charge in [0.2, 0.25) is 0 Å². The zero-order valence-electron chi connectivity index (χ0n) is 3.60. The van der Waals surface area contributed by atoms with Crippen LogP contribution in [-0.4, -0.2) is 45.5 Å². The van der Waals surface area contributed by atoms with Gasteiger partial charge < -0.3 is 22.0 Å². The molecular formula is C2H2N4Sr. The van der Waals surface area contributed by atoms with Gasteiger partial charge in [0.25, 0.3) is 0 Å². The first-order chi connectivity index (χ1) is 2.83. The summed E-state index contributed by atoms with van der Waals surface area (Å²) >= 11 is 0. The molecule has 4 nitrogen and oxygen atoms in total. The summed E-state index contributed by atoms with van der Waals surface area (Å²) in [6, 6.07) is 0. The van der Waals surface area contributed by atoms with Crippen LogP contribution in [0.5, 0.6) is 0 Å². The quantitative estimate of drug-likeness (QED) is 0.393. The number of rotatable bonds is 0. The van der Waals surface area contributed by atoms with Crippen molar-refractivity contribution < 1.29 is 0 Å². The molecule has 32 valence electrons. The van der Waals surface area contributed by atoms with Gasteiger partial charge in [0.1, 0.15) is 0 Å². The van der Waals surface area contributed by atoms with Crippen LogP contribution in [0.3, 0.4) is 0 Å². The molecule has 0 aromatic rings. The molecule has 0 rings (SSSR count). The molecule has 0 aliphatic rings. The van der Waals surface area contributed by atoms with Crippen molar-refractivity contribution in [3.8, 4) is 12.4 Å². The Morgan fingerprint density at radius 3 is 1.00 bits per heavy atom. The molecule has 0 saturated carbocycles. The largest absolute Gasteiger partial charge is 2.00 e. The van der Waals surface area contributed by atoms with E-state index >= 15 is 0 Å². The minimum atomic E-state index is 0. The van der Waals surface area contributed by atoms with Crippen molar-refractivity contribution in [2.75, 3.05) is 0 Å². The molecule has 7 heavy (non-hydrogen) atoms. The fourth-order valence-corrected chi connectivity index (χ4v) is 0. The van der Waals surface area contributed by atoms with E-state index in [9.17, 15) is 0 Å². The summed E-state index contributed by atoms with van der Waals surface area (Å²) in [5.41, 5.74) is 11.0. The minimum Gasteiger partial charge on any atom is -0.494 e. The Morgan fingerprint density at radius 2 is 1.00 bits per heavy atom. The molecule has 0 atom stereocenters. The van der Waals surface area contributed by atoms with Crippen molar-refractivity contribution >= 4 is 45.5 Å². The van der Waals surface area contributed by atoms with E-state index in [1.54, 1.807) is 0 Å². The fourth-order valence-electron chi connectivity index (χ4n) is 0. The third-order valence-electron chi connectivity index (χ3n) is 0. The number of hydrogen-bond donors (Lipinski definition) is 0. The smallest absolute Gasteiger partial charge is 0.494 e. The summed E-state index contributed by atoms with van der Waals surface area (Å²) in [5.74, 6) is 0. The molecule has 5 heteroatoms. The molecule has 0 aromatic carbocycles.